The molecule has 29 heavy (non-hydrogen) atoms. The van der Waals surface area contributed by atoms with Crippen molar-refractivity contribution in [3.63, 3.8) is 0 Å². The molecule has 0 amide bonds. The molecule has 0 fully saturated rings. The Morgan fingerprint density at radius 3 is 1.97 bits per heavy atom. The van der Waals surface area contributed by atoms with Crippen molar-refractivity contribution in [2.24, 2.45) is 0 Å². The van der Waals surface area contributed by atoms with Crippen LogP contribution in [0, 0.1) is 0 Å². The molecule has 8 heteroatoms. The van der Waals surface area contributed by atoms with Crippen molar-refractivity contribution in [1.29, 1.82) is 0 Å². The van der Waals surface area contributed by atoms with Crippen LogP contribution in [0.5, 0.6) is 11.5 Å². The quantitative estimate of drug-likeness (QED) is 0.411. The average Bonchev–Trinajstić information content (AvgIpc) is 2.68. The Kier molecular flexibility index (Phi) is 6.54. The molecule has 0 saturated heterocycles. The fourth-order valence-electron chi connectivity index (χ4n) is 3.03. The first-order chi connectivity index (χ1) is 13.9. The van der Waals surface area contributed by atoms with Gasteiger partial charge in [0.1, 0.15) is 0 Å². The summed E-state index contributed by atoms with van der Waals surface area (Å²) < 4.78 is 59.5. The van der Waals surface area contributed by atoms with E-state index < -0.39 is 24.7 Å². The van der Waals surface area contributed by atoms with E-state index in [2.05, 4.69) is 14.5 Å². The zero-order valence-electron chi connectivity index (χ0n) is 15.1. The van der Waals surface area contributed by atoms with Crippen LogP contribution in [0.1, 0.15) is 22.6 Å². The summed E-state index contributed by atoms with van der Waals surface area (Å²) in [5.74, 6) is -1.17. The summed E-state index contributed by atoms with van der Waals surface area (Å²) in [6.45, 7) is -6.34. The highest BCUT2D eigenvalue weighted by Gasteiger charge is 2.20. The maximum Gasteiger partial charge on any atom is 0.387 e. The number of nitrogen functional groups attached to an aromatic ring is 1. The molecule has 3 aromatic rings. The van der Waals surface area contributed by atoms with Crippen LogP contribution in [0.15, 0.2) is 67.0 Å². The second-order valence-corrected chi connectivity index (χ2v) is 6.24. The van der Waals surface area contributed by atoms with Crippen LogP contribution in [0.4, 0.5) is 23.2 Å². The Hall–Kier alpha value is -3.29. The van der Waals surface area contributed by atoms with Crippen LogP contribution in [-0.2, 0) is 6.42 Å². The van der Waals surface area contributed by atoms with Gasteiger partial charge in [-0.15, -0.1) is 0 Å². The number of pyridine rings is 1. The highest BCUT2D eigenvalue weighted by Crippen LogP contribution is 2.37. The Morgan fingerprint density at radius 1 is 0.759 bits per heavy atom. The number of hydrogen-bond acceptors (Lipinski definition) is 4. The number of alkyl halides is 4. The number of rotatable bonds is 8. The Bertz CT molecular complexity index is 922. The molecule has 2 N–H and O–H groups in total. The lowest BCUT2D eigenvalue weighted by molar-refractivity contribution is -0.0692. The van der Waals surface area contributed by atoms with E-state index in [1.54, 1.807) is 30.6 Å². The summed E-state index contributed by atoms with van der Waals surface area (Å²) in [5.41, 5.74) is 8.79. The van der Waals surface area contributed by atoms with E-state index in [4.69, 9.17) is 5.73 Å². The second-order valence-electron chi connectivity index (χ2n) is 6.24. The van der Waals surface area contributed by atoms with E-state index in [0.717, 1.165) is 11.1 Å². The van der Waals surface area contributed by atoms with Gasteiger partial charge < -0.3 is 15.2 Å². The molecule has 1 aromatic heterocycles. The molecule has 0 radical (unpaired) electrons. The maximum absolute atomic E-state index is 12.8. The van der Waals surface area contributed by atoms with E-state index in [9.17, 15) is 17.6 Å². The molecule has 3 rings (SSSR count). The zero-order chi connectivity index (χ0) is 20.8. The van der Waals surface area contributed by atoms with E-state index in [-0.39, 0.29) is 5.92 Å². The number of ether oxygens (including phenoxy) is 2. The Morgan fingerprint density at radius 2 is 1.34 bits per heavy atom. The lowest BCUT2D eigenvalue weighted by Gasteiger charge is -2.21. The molecule has 0 unspecified atom stereocenters. The van der Waals surface area contributed by atoms with Gasteiger partial charge in [-0.3, -0.25) is 4.98 Å². The number of aromatic nitrogens is 1. The van der Waals surface area contributed by atoms with Crippen molar-refractivity contribution in [3.8, 4) is 11.5 Å². The number of nitrogens with two attached hydrogens (primary N) is 1. The molecular weight excluding hydrogens is 388 g/mol. The van der Waals surface area contributed by atoms with Crippen molar-refractivity contribution < 1.29 is 27.0 Å². The number of hydrogen-bond donors (Lipinski definition) is 1. The normalized spacial score (nSPS) is 12.2. The van der Waals surface area contributed by atoms with Crippen LogP contribution in [0.3, 0.4) is 0 Å². The monoisotopic (exact) mass is 406 g/mol. The van der Waals surface area contributed by atoms with Gasteiger partial charge in [0.25, 0.3) is 0 Å². The van der Waals surface area contributed by atoms with Crippen LogP contribution >= 0.6 is 0 Å². The van der Waals surface area contributed by atoms with Crippen LogP contribution in [-0.4, -0.2) is 18.2 Å². The van der Waals surface area contributed by atoms with E-state index in [0.29, 0.717) is 17.7 Å². The molecule has 1 atom stereocenters. The number of anilines is 1. The zero-order valence-corrected chi connectivity index (χ0v) is 15.1. The van der Waals surface area contributed by atoms with E-state index in [1.165, 1.54) is 12.1 Å². The van der Waals surface area contributed by atoms with Crippen molar-refractivity contribution in [2.75, 3.05) is 5.73 Å². The lowest BCUT2D eigenvalue weighted by atomic mass is 9.86. The van der Waals surface area contributed by atoms with Crippen molar-refractivity contribution in [3.05, 3.63) is 83.7 Å². The minimum absolute atomic E-state index is 0.265. The van der Waals surface area contributed by atoms with Gasteiger partial charge in [-0.25, -0.2) is 0 Å². The third kappa shape index (κ3) is 5.60. The molecule has 2 aromatic carbocycles. The van der Waals surface area contributed by atoms with Crippen LogP contribution in [0.2, 0.25) is 0 Å². The number of benzene rings is 2. The molecule has 0 bridgehead atoms. The van der Waals surface area contributed by atoms with Gasteiger partial charge in [-0.2, -0.15) is 17.6 Å². The molecule has 0 saturated carbocycles. The predicted octanol–water partition coefficient (Wildman–Crippen LogP) is 5.24. The third-order valence-corrected chi connectivity index (χ3v) is 4.33. The predicted molar refractivity (Wildman–Crippen MR) is 100 cm³/mol. The molecule has 0 aliphatic rings. The van der Waals surface area contributed by atoms with Gasteiger partial charge in [0.15, 0.2) is 11.5 Å². The summed E-state index contributed by atoms with van der Waals surface area (Å²) in [4.78, 5) is 3.99. The number of nitrogens with zero attached hydrogens (tertiary/aromatic N) is 1. The van der Waals surface area contributed by atoms with Gasteiger partial charge in [0, 0.05) is 24.0 Å². The molecule has 4 nitrogen and oxygen atoms in total. The van der Waals surface area contributed by atoms with Crippen LogP contribution in [0.25, 0.3) is 0 Å². The fraction of sp³-hybridized carbons (Fsp3) is 0.190. The first-order valence-corrected chi connectivity index (χ1v) is 8.70. The first-order valence-electron chi connectivity index (χ1n) is 8.70. The Labute approximate surface area is 164 Å². The minimum Gasteiger partial charge on any atom is -0.431 e. The molecule has 0 aliphatic heterocycles. The third-order valence-electron chi connectivity index (χ3n) is 4.33. The fourth-order valence-corrected chi connectivity index (χ4v) is 3.03. The largest absolute Gasteiger partial charge is 0.431 e. The van der Waals surface area contributed by atoms with Crippen LogP contribution < -0.4 is 15.2 Å². The molecule has 152 valence electrons. The van der Waals surface area contributed by atoms with Crippen molar-refractivity contribution >= 4 is 5.69 Å². The van der Waals surface area contributed by atoms with Gasteiger partial charge in [-0.05, 0) is 59.5 Å². The highest BCUT2D eigenvalue weighted by molar-refractivity contribution is 5.48. The average molecular weight is 406 g/mol. The van der Waals surface area contributed by atoms with Gasteiger partial charge in [-0.1, -0.05) is 18.2 Å². The van der Waals surface area contributed by atoms with E-state index >= 15 is 0 Å². The topological polar surface area (TPSA) is 57.4 Å². The SMILES string of the molecule is Nc1ccc([C@@H](Cc2ccncc2)c2ccc(OC(F)F)c(OC(F)F)c2)cc1. The smallest absolute Gasteiger partial charge is 0.387 e. The lowest BCUT2D eigenvalue weighted by Crippen LogP contribution is -2.10. The minimum atomic E-state index is -3.18. The molecular formula is C21H18F4N2O2. The summed E-state index contributed by atoms with van der Waals surface area (Å²) in [6, 6.07) is 14.9. The molecule has 1 heterocycles. The first kappa shape index (κ1) is 20.4. The van der Waals surface area contributed by atoms with E-state index in [1.807, 2.05) is 24.3 Å². The summed E-state index contributed by atoms with van der Waals surface area (Å²) >= 11 is 0. The summed E-state index contributed by atoms with van der Waals surface area (Å²) in [6.07, 6.45) is 3.83. The van der Waals surface area contributed by atoms with Crippen molar-refractivity contribution in [1.82, 2.24) is 4.98 Å². The molecule has 0 aliphatic carbocycles. The summed E-state index contributed by atoms with van der Waals surface area (Å²) in [5, 5.41) is 0. The summed E-state index contributed by atoms with van der Waals surface area (Å²) in [7, 11) is 0. The van der Waals surface area contributed by atoms with Gasteiger partial charge in [0.2, 0.25) is 0 Å². The van der Waals surface area contributed by atoms with Gasteiger partial charge >= 0.3 is 13.2 Å². The number of halogens is 4. The second kappa shape index (κ2) is 9.27. The van der Waals surface area contributed by atoms with Gasteiger partial charge in [0.05, 0.1) is 0 Å². The highest BCUT2D eigenvalue weighted by atomic mass is 19.3. The Balaban J connectivity index is 2.02. The standard InChI is InChI=1S/C21H18F4N2O2/c22-20(23)28-18-6-3-15(12-19(18)29-21(24)25)17(11-13-7-9-27-10-8-13)14-1-4-16(26)5-2-14/h1-10,12,17,20-21H,11,26H2/t17-/m1/s1. The maximum atomic E-state index is 12.8. The van der Waals surface area contributed by atoms with Crippen molar-refractivity contribution in [2.45, 2.75) is 25.6 Å². The molecule has 0 spiro atoms.